The minimum absolute atomic E-state index is 0.266. The van der Waals surface area contributed by atoms with Crippen molar-refractivity contribution in [1.29, 1.82) is 0 Å². The molecule has 0 spiro atoms. The Kier molecular flexibility index (Phi) is 5.42. The first kappa shape index (κ1) is 16.8. The minimum Gasteiger partial charge on any atom is -0.397 e. The third-order valence-corrected chi connectivity index (χ3v) is 5.29. The minimum atomic E-state index is -3.43. The maximum absolute atomic E-state index is 12.2. The second kappa shape index (κ2) is 6.45. The van der Waals surface area contributed by atoms with Crippen LogP contribution in [0.25, 0.3) is 0 Å². The molecular weight excluding hydrogens is 274 g/mol. The van der Waals surface area contributed by atoms with Gasteiger partial charge in [-0.05, 0) is 24.1 Å². The van der Waals surface area contributed by atoms with Gasteiger partial charge >= 0.3 is 0 Å². The van der Waals surface area contributed by atoms with E-state index in [0.717, 1.165) is 18.7 Å². The fourth-order valence-electron chi connectivity index (χ4n) is 1.92. The first-order valence-electron chi connectivity index (χ1n) is 6.73. The monoisotopic (exact) mass is 299 g/mol. The number of nitrogens with zero attached hydrogens (tertiary/aromatic N) is 2. The summed E-state index contributed by atoms with van der Waals surface area (Å²) in [5, 5.41) is 0. The summed E-state index contributed by atoms with van der Waals surface area (Å²) in [5.41, 5.74) is 7.33. The number of anilines is 2. The molecule has 20 heavy (non-hydrogen) atoms. The molecular formula is C14H25N3O2S. The van der Waals surface area contributed by atoms with Crippen LogP contribution >= 0.6 is 0 Å². The smallest absolute Gasteiger partial charge is 0.242 e. The summed E-state index contributed by atoms with van der Waals surface area (Å²) >= 11 is 0. The zero-order valence-electron chi connectivity index (χ0n) is 12.9. The summed E-state index contributed by atoms with van der Waals surface area (Å²) in [7, 11) is 1.55. The third-order valence-electron chi connectivity index (χ3n) is 3.47. The number of rotatable bonds is 6. The largest absolute Gasteiger partial charge is 0.397 e. The molecule has 1 aromatic carbocycles. The average molecular weight is 299 g/mol. The molecule has 0 saturated carbocycles. The number of nitrogens with two attached hydrogens (primary N) is 1. The molecule has 1 atom stereocenters. The Morgan fingerprint density at radius 3 is 2.35 bits per heavy atom. The second-order valence-electron chi connectivity index (χ2n) is 5.40. The van der Waals surface area contributed by atoms with E-state index in [1.54, 1.807) is 18.2 Å². The lowest BCUT2D eigenvalue weighted by Crippen LogP contribution is -2.26. The quantitative estimate of drug-likeness (QED) is 0.816. The number of nitrogen functional groups attached to an aromatic ring is 1. The summed E-state index contributed by atoms with van der Waals surface area (Å²) in [6, 6.07) is 4.84. The number of benzene rings is 1. The molecule has 114 valence electrons. The van der Waals surface area contributed by atoms with E-state index in [1.807, 2.05) is 11.9 Å². The molecule has 0 radical (unpaired) electrons. The van der Waals surface area contributed by atoms with Crippen LogP contribution in [-0.2, 0) is 10.0 Å². The molecule has 0 aliphatic heterocycles. The van der Waals surface area contributed by atoms with Gasteiger partial charge in [-0.25, -0.2) is 12.7 Å². The van der Waals surface area contributed by atoms with Crippen molar-refractivity contribution in [2.24, 2.45) is 5.92 Å². The molecule has 6 heteroatoms. The van der Waals surface area contributed by atoms with Crippen LogP contribution in [0.5, 0.6) is 0 Å². The van der Waals surface area contributed by atoms with E-state index in [4.69, 9.17) is 5.73 Å². The highest BCUT2D eigenvalue weighted by molar-refractivity contribution is 7.89. The topological polar surface area (TPSA) is 66.6 Å². The predicted octanol–water partition coefficient (Wildman–Crippen LogP) is 2.00. The van der Waals surface area contributed by atoms with Gasteiger partial charge in [0.2, 0.25) is 10.0 Å². The van der Waals surface area contributed by atoms with E-state index in [9.17, 15) is 8.42 Å². The number of hydrogen-bond donors (Lipinski definition) is 1. The van der Waals surface area contributed by atoms with Crippen molar-refractivity contribution in [3.05, 3.63) is 18.2 Å². The molecule has 0 bridgehead atoms. The molecule has 0 heterocycles. The Balaban J connectivity index is 3.16. The van der Waals surface area contributed by atoms with Crippen LogP contribution in [0, 0.1) is 5.92 Å². The van der Waals surface area contributed by atoms with Crippen LogP contribution in [0.2, 0.25) is 0 Å². The fourth-order valence-corrected chi connectivity index (χ4v) is 2.84. The van der Waals surface area contributed by atoms with Crippen LogP contribution in [-0.4, -0.2) is 40.4 Å². The molecule has 0 aliphatic carbocycles. The van der Waals surface area contributed by atoms with Crippen molar-refractivity contribution in [2.45, 2.75) is 25.2 Å². The van der Waals surface area contributed by atoms with Crippen molar-refractivity contribution in [1.82, 2.24) is 4.31 Å². The molecule has 2 N–H and O–H groups in total. The Morgan fingerprint density at radius 2 is 1.85 bits per heavy atom. The summed E-state index contributed by atoms with van der Waals surface area (Å²) in [5.74, 6) is 0.522. The molecule has 5 nitrogen and oxygen atoms in total. The molecule has 0 fully saturated rings. The predicted molar refractivity (Wildman–Crippen MR) is 84.5 cm³/mol. The van der Waals surface area contributed by atoms with Gasteiger partial charge in [0.25, 0.3) is 0 Å². The van der Waals surface area contributed by atoms with Gasteiger partial charge in [0.05, 0.1) is 16.3 Å². The molecule has 0 aromatic heterocycles. The third kappa shape index (κ3) is 3.64. The van der Waals surface area contributed by atoms with Crippen molar-refractivity contribution < 1.29 is 8.42 Å². The average Bonchev–Trinajstić information content (AvgIpc) is 2.38. The fraction of sp³-hybridized carbons (Fsp3) is 0.571. The Labute approximate surface area is 122 Å². The van der Waals surface area contributed by atoms with E-state index in [2.05, 4.69) is 13.8 Å². The van der Waals surface area contributed by atoms with Crippen LogP contribution in [0.1, 0.15) is 20.3 Å². The zero-order chi connectivity index (χ0) is 15.5. The Bertz CT molecular complexity index is 556. The van der Waals surface area contributed by atoms with Crippen LogP contribution < -0.4 is 10.6 Å². The van der Waals surface area contributed by atoms with Crippen LogP contribution in [0.3, 0.4) is 0 Å². The SMILES string of the molecule is CCC(C)CN(C)c1cc(S(=O)(=O)N(C)C)ccc1N. The summed E-state index contributed by atoms with van der Waals surface area (Å²) in [4.78, 5) is 2.28. The lowest BCUT2D eigenvalue weighted by Gasteiger charge is -2.25. The zero-order valence-corrected chi connectivity index (χ0v) is 13.7. The molecule has 1 rings (SSSR count). The van der Waals surface area contributed by atoms with Gasteiger partial charge in [-0.1, -0.05) is 20.3 Å². The number of sulfonamides is 1. The molecule has 0 amide bonds. The second-order valence-corrected chi connectivity index (χ2v) is 7.55. The van der Waals surface area contributed by atoms with E-state index >= 15 is 0 Å². The Morgan fingerprint density at radius 1 is 1.25 bits per heavy atom. The standard InChI is InChI=1S/C14H25N3O2S/c1-6-11(2)10-17(5)14-9-12(7-8-13(14)15)20(18,19)16(3)4/h7-9,11H,6,10,15H2,1-5H3. The summed E-state index contributed by atoms with van der Waals surface area (Å²) in [6.07, 6.45) is 1.07. The van der Waals surface area contributed by atoms with E-state index in [1.165, 1.54) is 18.4 Å². The van der Waals surface area contributed by atoms with Gasteiger partial charge in [0.15, 0.2) is 0 Å². The highest BCUT2D eigenvalue weighted by Crippen LogP contribution is 2.27. The van der Waals surface area contributed by atoms with Crippen molar-refractivity contribution in [2.75, 3.05) is 38.3 Å². The van der Waals surface area contributed by atoms with Crippen molar-refractivity contribution in [3.8, 4) is 0 Å². The molecule has 1 aromatic rings. The van der Waals surface area contributed by atoms with Gasteiger partial charge in [0, 0.05) is 27.7 Å². The van der Waals surface area contributed by atoms with Gasteiger partial charge in [0.1, 0.15) is 0 Å². The van der Waals surface area contributed by atoms with Crippen molar-refractivity contribution >= 4 is 21.4 Å². The van der Waals surface area contributed by atoms with Gasteiger partial charge in [-0.2, -0.15) is 0 Å². The van der Waals surface area contributed by atoms with Crippen molar-refractivity contribution in [3.63, 3.8) is 0 Å². The maximum Gasteiger partial charge on any atom is 0.242 e. The maximum atomic E-state index is 12.2. The van der Waals surface area contributed by atoms with Crippen LogP contribution in [0.4, 0.5) is 11.4 Å². The van der Waals surface area contributed by atoms with Gasteiger partial charge in [-0.3, -0.25) is 0 Å². The molecule has 0 aliphatic rings. The molecule has 1 unspecified atom stereocenters. The normalized spacial score (nSPS) is 13.5. The molecule has 0 saturated heterocycles. The van der Waals surface area contributed by atoms with E-state index < -0.39 is 10.0 Å². The summed E-state index contributed by atoms with van der Waals surface area (Å²) in [6.45, 7) is 5.13. The highest BCUT2D eigenvalue weighted by atomic mass is 32.2. The highest BCUT2D eigenvalue weighted by Gasteiger charge is 2.19. The van der Waals surface area contributed by atoms with E-state index in [-0.39, 0.29) is 4.90 Å². The van der Waals surface area contributed by atoms with Gasteiger partial charge < -0.3 is 10.6 Å². The van der Waals surface area contributed by atoms with Gasteiger partial charge in [-0.15, -0.1) is 0 Å². The summed E-state index contributed by atoms with van der Waals surface area (Å²) < 4.78 is 25.5. The first-order chi connectivity index (χ1) is 9.20. The number of hydrogen-bond acceptors (Lipinski definition) is 4. The lowest BCUT2D eigenvalue weighted by atomic mass is 10.1. The van der Waals surface area contributed by atoms with Crippen LogP contribution in [0.15, 0.2) is 23.1 Å². The van der Waals surface area contributed by atoms with E-state index in [0.29, 0.717) is 11.6 Å². The first-order valence-corrected chi connectivity index (χ1v) is 8.17. The lowest BCUT2D eigenvalue weighted by molar-refractivity contribution is 0.520. The Hall–Kier alpha value is -1.27.